The lowest BCUT2D eigenvalue weighted by Crippen LogP contribution is -2.51. The van der Waals surface area contributed by atoms with Gasteiger partial charge in [0, 0.05) is 0 Å². The maximum absolute atomic E-state index is 5.74. The van der Waals surface area contributed by atoms with Crippen molar-refractivity contribution < 1.29 is 9.78 Å². The summed E-state index contributed by atoms with van der Waals surface area (Å²) in [7, 11) is 0. The molecule has 1 fully saturated rings. The van der Waals surface area contributed by atoms with E-state index in [0.29, 0.717) is 17.8 Å². The van der Waals surface area contributed by atoms with Crippen molar-refractivity contribution in [1.29, 1.82) is 0 Å². The molecule has 0 aromatic rings. The molecule has 3 atom stereocenters. The van der Waals surface area contributed by atoms with Crippen molar-refractivity contribution >= 4 is 0 Å². The van der Waals surface area contributed by atoms with Gasteiger partial charge in [0.15, 0.2) is 0 Å². The zero-order valence-electron chi connectivity index (χ0n) is 12.3. The first-order valence-electron chi connectivity index (χ1n) is 7.03. The van der Waals surface area contributed by atoms with E-state index in [1.807, 2.05) is 12.2 Å². The molecule has 0 N–H and O–H groups in total. The number of rotatable bonds is 6. The lowest BCUT2D eigenvalue weighted by Gasteiger charge is -2.47. The molecule has 0 aromatic heterocycles. The van der Waals surface area contributed by atoms with Crippen LogP contribution in [0.5, 0.6) is 0 Å². The Bertz CT molecular complexity index is 273. The summed E-state index contributed by atoms with van der Waals surface area (Å²) in [6.45, 7) is 16.6. The molecule has 1 aliphatic heterocycles. The van der Waals surface area contributed by atoms with E-state index in [4.69, 9.17) is 9.78 Å². The van der Waals surface area contributed by atoms with Crippen LogP contribution in [0.25, 0.3) is 0 Å². The van der Waals surface area contributed by atoms with Gasteiger partial charge in [-0.15, -0.1) is 13.2 Å². The largest absolute Gasteiger partial charge is 0.233 e. The smallest absolute Gasteiger partial charge is 0.113 e. The summed E-state index contributed by atoms with van der Waals surface area (Å²) in [6, 6.07) is 0. The van der Waals surface area contributed by atoms with E-state index in [1.165, 1.54) is 6.42 Å². The Hall–Kier alpha value is -0.600. The molecular weight excluding hydrogens is 224 g/mol. The zero-order valence-corrected chi connectivity index (χ0v) is 12.3. The summed E-state index contributed by atoms with van der Waals surface area (Å²) in [5.41, 5.74) is -0.282. The molecule has 18 heavy (non-hydrogen) atoms. The average Bonchev–Trinajstić information content (AvgIpc) is 2.30. The fourth-order valence-corrected chi connectivity index (χ4v) is 3.07. The van der Waals surface area contributed by atoms with E-state index in [9.17, 15) is 0 Å². The minimum absolute atomic E-state index is 0.158. The molecule has 0 saturated carbocycles. The maximum atomic E-state index is 5.74. The van der Waals surface area contributed by atoms with E-state index in [1.54, 1.807) is 0 Å². The van der Waals surface area contributed by atoms with Gasteiger partial charge in [-0.1, -0.05) is 32.9 Å². The Morgan fingerprint density at radius 1 is 1.17 bits per heavy atom. The highest BCUT2D eigenvalue weighted by atomic mass is 17.2. The normalized spacial score (nSPS) is 31.3. The van der Waals surface area contributed by atoms with Crippen molar-refractivity contribution in [3.8, 4) is 0 Å². The molecular formula is C16H28O2. The zero-order chi connectivity index (χ0) is 13.8. The standard InChI is InChI=1S/C16H28O2/c1-7-9-16(10-8-2)13(5)15(11-12(3)4)14(6)17-18-16/h7-8,12-15H,1-2,9-11H2,3-6H3. The van der Waals surface area contributed by atoms with Gasteiger partial charge in [0.05, 0.1) is 6.10 Å². The number of hydrogen-bond acceptors (Lipinski definition) is 2. The molecule has 2 heteroatoms. The summed E-state index contributed by atoms with van der Waals surface area (Å²) in [4.78, 5) is 11.3. The molecule has 0 aliphatic carbocycles. The molecule has 0 radical (unpaired) electrons. The lowest BCUT2D eigenvalue weighted by atomic mass is 9.70. The average molecular weight is 252 g/mol. The lowest BCUT2D eigenvalue weighted by molar-refractivity contribution is -0.432. The summed E-state index contributed by atoms with van der Waals surface area (Å²) < 4.78 is 0. The van der Waals surface area contributed by atoms with Crippen LogP contribution in [0.2, 0.25) is 0 Å². The van der Waals surface area contributed by atoms with Gasteiger partial charge < -0.3 is 0 Å². The Balaban J connectivity index is 2.92. The molecule has 1 aliphatic rings. The molecule has 1 rings (SSSR count). The Labute approximate surface area is 112 Å². The van der Waals surface area contributed by atoms with E-state index in [-0.39, 0.29) is 11.7 Å². The molecule has 0 bridgehead atoms. The molecule has 0 amide bonds. The highest BCUT2D eigenvalue weighted by Crippen LogP contribution is 2.44. The maximum Gasteiger partial charge on any atom is 0.113 e. The van der Waals surface area contributed by atoms with E-state index >= 15 is 0 Å². The number of hydrogen-bond donors (Lipinski definition) is 0. The predicted octanol–water partition coefficient (Wildman–Crippen LogP) is 4.53. The second kappa shape index (κ2) is 6.53. The predicted molar refractivity (Wildman–Crippen MR) is 76.1 cm³/mol. The van der Waals surface area contributed by atoms with Crippen molar-refractivity contribution in [2.45, 2.75) is 58.7 Å². The van der Waals surface area contributed by atoms with Crippen molar-refractivity contribution in [2.75, 3.05) is 0 Å². The Kier molecular flexibility index (Phi) is 5.61. The van der Waals surface area contributed by atoms with Crippen LogP contribution in [0.1, 0.15) is 47.0 Å². The molecule has 2 nitrogen and oxygen atoms in total. The van der Waals surface area contributed by atoms with Crippen molar-refractivity contribution in [3.05, 3.63) is 25.3 Å². The van der Waals surface area contributed by atoms with E-state index in [0.717, 1.165) is 12.8 Å². The molecule has 0 spiro atoms. The van der Waals surface area contributed by atoms with Crippen molar-refractivity contribution in [2.24, 2.45) is 17.8 Å². The summed E-state index contributed by atoms with van der Waals surface area (Å²) in [5, 5.41) is 0. The van der Waals surface area contributed by atoms with Crippen LogP contribution in [0.15, 0.2) is 25.3 Å². The van der Waals surface area contributed by atoms with Crippen LogP contribution in [0, 0.1) is 17.8 Å². The van der Waals surface area contributed by atoms with Gasteiger partial charge in [-0.05, 0) is 43.9 Å². The summed E-state index contributed by atoms with van der Waals surface area (Å²) >= 11 is 0. The first-order chi connectivity index (χ1) is 8.46. The van der Waals surface area contributed by atoms with Gasteiger partial charge in [-0.25, -0.2) is 9.78 Å². The monoisotopic (exact) mass is 252 g/mol. The Morgan fingerprint density at radius 3 is 2.17 bits per heavy atom. The van der Waals surface area contributed by atoms with Crippen molar-refractivity contribution in [3.63, 3.8) is 0 Å². The van der Waals surface area contributed by atoms with Crippen LogP contribution in [0.4, 0.5) is 0 Å². The first kappa shape index (κ1) is 15.5. The molecule has 1 heterocycles. The third kappa shape index (κ3) is 3.24. The van der Waals surface area contributed by atoms with Gasteiger partial charge in [-0.3, -0.25) is 0 Å². The topological polar surface area (TPSA) is 18.5 Å². The van der Waals surface area contributed by atoms with Gasteiger partial charge in [0.2, 0.25) is 0 Å². The molecule has 3 unspecified atom stereocenters. The minimum atomic E-state index is -0.282. The highest BCUT2D eigenvalue weighted by molar-refractivity contribution is 5.00. The van der Waals surface area contributed by atoms with Crippen LogP contribution in [0.3, 0.4) is 0 Å². The first-order valence-corrected chi connectivity index (χ1v) is 7.03. The minimum Gasteiger partial charge on any atom is -0.233 e. The van der Waals surface area contributed by atoms with Gasteiger partial charge in [-0.2, -0.15) is 0 Å². The van der Waals surface area contributed by atoms with E-state index < -0.39 is 0 Å². The van der Waals surface area contributed by atoms with Gasteiger partial charge >= 0.3 is 0 Å². The molecule has 104 valence electrons. The van der Waals surface area contributed by atoms with Gasteiger partial charge in [0.25, 0.3) is 0 Å². The second-order valence-corrected chi connectivity index (χ2v) is 6.02. The van der Waals surface area contributed by atoms with Gasteiger partial charge in [0.1, 0.15) is 5.60 Å². The van der Waals surface area contributed by atoms with Crippen LogP contribution < -0.4 is 0 Å². The fourth-order valence-electron chi connectivity index (χ4n) is 3.07. The Morgan fingerprint density at radius 2 is 1.72 bits per heavy atom. The summed E-state index contributed by atoms with van der Waals surface area (Å²) in [6.07, 6.45) is 6.78. The molecule has 1 saturated heterocycles. The highest BCUT2D eigenvalue weighted by Gasteiger charge is 2.47. The summed E-state index contributed by atoms with van der Waals surface area (Å²) in [5.74, 6) is 1.64. The van der Waals surface area contributed by atoms with E-state index in [2.05, 4.69) is 40.9 Å². The van der Waals surface area contributed by atoms with Crippen molar-refractivity contribution in [1.82, 2.24) is 0 Å². The fraction of sp³-hybridized carbons (Fsp3) is 0.750. The van der Waals surface area contributed by atoms with Crippen LogP contribution >= 0.6 is 0 Å². The quantitative estimate of drug-likeness (QED) is 0.511. The molecule has 0 aromatic carbocycles. The van der Waals surface area contributed by atoms with Crippen LogP contribution in [-0.4, -0.2) is 11.7 Å². The SMILES string of the molecule is C=CCC1(CC=C)OOC(C)C(CC(C)C)C1C. The van der Waals surface area contributed by atoms with Crippen LogP contribution in [-0.2, 0) is 9.78 Å². The second-order valence-electron chi connectivity index (χ2n) is 6.02. The third-order valence-corrected chi connectivity index (χ3v) is 4.16. The third-order valence-electron chi connectivity index (χ3n) is 4.16.